The van der Waals surface area contributed by atoms with Crippen LogP contribution in [0.2, 0.25) is 5.02 Å². The Labute approximate surface area is 173 Å². The molecule has 0 fully saturated rings. The summed E-state index contributed by atoms with van der Waals surface area (Å²) in [6, 6.07) is 10.9. The minimum atomic E-state index is -1.21. The predicted molar refractivity (Wildman–Crippen MR) is 102 cm³/mol. The van der Waals surface area contributed by atoms with Gasteiger partial charge in [-0.3, -0.25) is 4.79 Å². The van der Waals surface area contributed by atoms with E-state index in [0.29, 0.717) is 11.4 Å². The highest BCUT2D eigenvalue weighted by atomic mass is 35.5. The van der Waals surface area contributed by atoms with E-state index in [1.54, 1.807) is 24.3 Å². The molecule has 0 aliphatic carbocycles. The molecule has 0 radical (unpaired) electrons. The van der Waals surface area contributed by atoms with Gasteiger partial charge in [0.15, 0.2) is 5.95 Å². The van der Waals surface area contributed by atoms with Crippen molar-refractivity contribution in [2.24, 2.45) is 0 Å². The number of carbonyl (C=O) groups is 2. The molecule has 3 rings (SSSR count). The summed E-state index contributed by atoms with van der Waals surface area (Å²) in [7, 11) is 1.54. The maximum atomic E-state index is 12.2. The second-order valence-electron chi connectivity index (χ2n) is 5.61. The van der Waals surface area contributed by atoms with Crippen LogP contribution >= 0.6 is 23.4 Å². The number of hydrogen-bond donors (Lipinski definition) is 2. The Bertz CT molecular complexity index is 1050. The standard InChI is InChI=1S/C18H14ClN3O6S/c1-27-12-5-3-11(4-6-12)22-16(18(26)28-21-22)29-9-15(23)20-10-2-7-14(19)13(8-10)17(24)25/h2-8H,9H2,1H3,(H2-,20,21,23,24,25,26). The molecule has 29 heavy (non-hydrogen) atoms. The van der Waals surface area contributed by atoms with Crippen LogP contribution in [0.3, 0.4) is 0 Å². The number of anilines is 1. The van der Waals surface area contributed by atoms with Gasteiger partial charge in [-0.15, -0.1) is 0 Å². The third-order valence-corrected chi connectivity index (χ3v) is 5.06. The number of aromatic carboxylic acids is 1. The maximum absolute atomic E-state index is 12.2. The number of hydrogen-bond acceptors (Lipinski definition) is 7. The predicted octanol–water partition coefficient (Wildman–Crippen LogP) is 2.12. The van der Waals surface area contributed by atoms with Crippen molar-refractivity contribution >= 4 is 40.9 Å². The van der Waals surface area contributed by atoms with Gasteiger partial charge < -0.3 is 24.8 Å². The highest BCUT2D eigenvalue weighted by molar-refractivity contribution is 7.99. The first-order valence-electron chi connectivity index (χ1n) is 8.08. The zero-order chi connectivity index (χ0) is 21.0. The number of amides is 1. The molecule has 0 aliphatic heterocycles. The van der Waals surface area contributed by atoms with Crippen molar-refractivity contribution in [2.75, 3.05) is 18.2 Å². The summed E-state index contributed by atoms with van der Waals surface area (Å²) in [5, 5.41) is 27.5. The number of ether oxygens (including phenoxy) is 1. The molecule has 150 valence electrons. The number of methoxy groups -OCH3 is 1. The molecule has 0 bridgehead atoms. The fraction of sp³-hybridized carbons (Fsp3) is 0.111. The van der Waals surface area contributed by atoms with Gasteiger partial charge in [0.2, 0.25) is 11.6 Å². The van der Waals surface area contributed by atoms with E-state index in [2.05, 4.69) is 10.6 Å². The van der Waals surface area contributed by atoms with Gasteiger partial charge >= 0.3 is 5.97 Å². The van der Waals surface area contributed by atoms with E-state index >= 15 is 0 Å². The number of carbonyl (C=O) groups excluding carboxylic acids is 1. The first kappa shape index (κ1) is 20.5. The molecular formula is C18H14ClN3O6S. The minimum Gasteiger partial charge on any atom is -0.538 e. The van der Waals surface area contributed by atoms with E-state index in [0.717, 1.165) is 11.8 Å². The lowest BCUT2D eigenvalue weighted by molar-refractivity contribution is -0.705. The number of carboxylic acids is 1. The number of aromatic nitrogens is 2. The fourth-order valence-electron chi connectivity index (χ4n) is 2.35. The molecule has 1 heterocycles. The minimum absolute atomic E-state index is 0.0610. The van der Waals surface area contributed by atoms with Crippen LogP contribution in [0.25, 0.3) is 5.69 Å². The summed E-state index contributed by atoms with van der Waals surface area (Å²) in [5.41, 5.74) is 0.701. The quantitative estimate of drug-likeness (QED) is 0.426. The SMILES string of the molecule is COc1ccc(-[n+]2noc([O-])c2SCC(=O)Nc2ccc(Cl)c(C(=O)O)c2)cc1. The largest absolute Gasteiger partial charge is 0.538 e. The molecular weight excluding hydrogens is 422 g/mol. The number of rotatable bonds is 7. The number of benzene rings is 2. The van der Waals surface area contributed by atoms with Crippen LogP contribution in [0.15, 0.2) is 52.0 Å². The van der Waals surface area contributed by atoms with E-state index < -0.39 is 17.8 Å². The van der Waals surface area contributed by atoms with Crippen molar-refractivity contribution in [3.05, 3.63) is 53.1 Å². The van der Waals surface area contributed by atoms with Gasteiger partial charge in [0.05, 0.1) is 28.7 Å². The van der Waals surface area contributed by atoms with Crippen molar-refractivity contribution in [3.8, 4) is 17.4 Å². The van der Waals surface area contributed by atoms with Gasteiger partial charge in [-0.1, -0.05) is 11.6 Å². The van der Waals surface area contributed by atoms with Crippen LogP contribution < -0.4 is 19.8 Å². The van der Waals surface area contributed by atoms with Crippen LogP contribution in [0.1, 0.15) is 10.4 Å². The third-order valence-electron chi connectivity index (χ3n) is 3.71. The molecule has 3 aromatic rings. The molecule has 11 heteroatoms. The summed E-state index contributed by atoms with van der Waals surface area (Å²) in [6.07, 6.45) is 0. The number of nitrogens with one attached hydrogen (secondary N) is 1. The number of thioether (sulfide) groups is 1. The lowest BCUT2D eigenvalue weighted by atomic mass is 10.2. The second-order valence-corrected chi connectivity index (χ2v) is 6.98. The zero-order valence-corrected chi connectivity index (χ0v) is 16.5. The van der Waals surface area contributed by atoms with Crippen LogP contribution in [0, 0.1) is 0 Å². The van der Waals surface area contributed by atoms with Crippen LogP contribution in [0.5, 0.6) is 11.7 Å². The summed E-state index contributed by atoms with van der Waals surface area (Å²) in [6.45, 7) is 0. The summed E-state index contributed by atoms with van der Waals surface area (Å²) in [5.74, 6) is -1.83. The van der Waals surface area contributed by atoms with E-state index in [1.165, 1.54) is 30.0 Å². The van der Waals surface area contributed by atoms with E-state index in [-0.39, 0.29) is 27.1 Å². The average molecular weight is 436 g/mol. The van der Waals surface area contributed by atoms with Gasteiger partial charge in [0, 0.05) is 17.8 Å². The third kappa shape index (κ3) is 4.79. The van der Waals surface area contributed by atoms with Crippen LogP contribution in [-0.4, -0.2) is 35.1 Å². The molecule has 1 amide bonds. The topological polar surface area (TPSA) is 129 Å². The highest BCUT2D eigenvalue weighted by Gasteiger charge is 2.22. The molecule has 0 saturated carbocycles. The molecule has 2 aromatic carbocycles. The summed E-state index contributed by atoms with van der Waals surface area (Å²) >= 11 is 6.74. The lowest BCUT2D eigenvalue weighted by Crippen LogP contribution is -2.35. The first-order valence-corrected chi connectivity index (χ1v) is 9.44. The van der Waals surface area contributed by atoms with Gasteiger partial charge in [0.1, 0.15) is 5.75 Å². The van der Waals surface area contributed by atoms with Gasteiger partial charge in [-0.2, -0.15) is 0 Å². The lowest BCUT2D eigenvalue weighted by Gasteiger charge is -2.06. The zero-order valence-electron chi connectivity index (χ0n) is 14.9. The Morgan fingerprint density at radius 3 is 2.69 bits per heavy atom. The monoisotopic (exact) mass is 435 g/mol. The fourth-order valence-corrected chi connectivity index (χ4v) is 3.30. The van der Waals surface area contributed by atoms with Gasteiger partial charge in [-0.25, -0.2) is 4.79 Å². The molecule has 9 nitrogen and oxygen atoms in total. The van der Waals surface area contributed by atoms with E-state index in [4.69, 9.17) is 26.0 Å². The molecule has 0 saturated heterocycles. The van der Waals surface area contributed by atoms with Crippen molar-refractivity contribution in [3.63, 3.8) is 0 Å². The summed E-state index contributed by atoms with van der Waals surface area (Å²) in [4.78, 5) is 23.4. The van der Waals surface area contributed by atoms with E-state index in [9.17, 15) is 14.7 Å². The van der Waals surface area contributed by atoms with Crippen molar-refractivity contribution in [1.29, 1.82) is 0 Å². The Hall–Kier alpha value is -3.24. The highest BCUT2D eigenvalue weighted by Crippen LogP contribution is 2.25. The van der Waals surface area contributed by atoms with Crippen molar-refractivity contribution in [2.45, 2.75) is 5.03 Å². The molecule has 0 atom stereocenters. The van der Waals surface area contributed by atoms with Crippen molar-refractivity contribution in [1.82, 2.24) is 5.27 Å². The Morgan fingerprint density at radius 1 is 1.31 bits per heavy atom. The number of halogens is 1. The molecule has 2 N–H and O–H groups in total. The normalized spacial score (nSPS) is 10.6. The average Bonchev–Trinajstić information content (AvgIpc) is 3.08. The van der Waals surface area contributed by atoms with Gasteiger partial charge in [0.25, 0.3) is 5.03 Å². The van der Waals surface area contributed by atoms with E-state index in [1.807, 2.05) is 0 Å². The van der Waals surface area contributed by atoms with Gasteiger partial charge in [-0.05, 0) is 46.8 Å². The molecule has 1 aromatic heterocycles. The first-order chi connectivity index (χ1) is 13.9. The van der Waals surface area contributed by atoms with Crippen molar-refractivity contribution < 1.29 is 33.7 Å². The molecule has 0 spiro atoms. The maximum Gasteiger partial charge on any atom is 0.337 e. The van der Waals surface area contributed by atoms with Crippen LogP contribution in [0.4, 0.5) is 5.69 Å². The number of nitrogens with zero attached hydrogens (tertiary/aromatic N) is 2. The van der Waals surface area contributed by atoms with Crippen LogP contribution in [-0.2, 0) is 4.79 Å². The Balaban J connectivity index is 1.70. The second kappa shape index (κ2) is 8.84. The number of carboxylic acid groups (broad SMARTS) is 1. The molecule has 0 aliphatic rings. The molecule has 0 unspecified atom stereocenters. The Kier molecular flexibility index (Phi) is 6.25. The smallest absolute Gasteiger partial charge is 0.337 e. The summed E-state index contributed by atoms with van der Waals surface area (Å²) < 4.78 is 11.1. The Morgan fingerprint density at radius 2 is 2.03 bits per heavy atom.